The van der Waals surface area contributed by atoms with Crippen molar-refractivity contribution >= 4 is 11.9 Å². The van der Waals surface area contributed by atoms with Gasteiger partial charge >= 0.3 is 0 Å². The highest BCUT2D eigenvalue weighted by atomic mass is 16.5. The Balaban J connectivity index is 2.02. The molecule has 4 nitrogen and oxygen atoms in total. The second-order valence-electron chi connectivity index (χ2n) is 5.24. The molecule has 3 aliphatic rings. The lowest BCUT2D eigenvalue weighted by Crippen LogP contribution is -2.45. The van der Waals surface area contributed by atoms with Gasteiger partial charge in [0.15, 0.2) is 17.3 Å². The van der Waals surface area contributed by atoms with Gasteiger partial charge in [-0.05, 0) is 25.0 Å². The van der Waals surface area contributed by atoms with Crippen molar-refractivity contribution in [3.05, 3.63) is 29.5 Å². The minimum absolute atomic E-state index is 0.211. The Labute approximate surface area is 119 Å². The summed E-state index contributed by atoms with van der Waals surface area (Å²) in [7, 11) is 3.24. The van der Waals surface area contributed by atoms with Gasteiger partial charge in [0.1, 0.15) is 0 Å². The second kappa shape index (κ2) is 5.19. The van der Waals surface area contributed by atoms with E-state index in [2.05, 4.69) is 4.90 Å². The van der Waals surface area contributed by atoms with Crippen LogP contribution < -0.4 is 9.47 Å². The molecule has 0 saturated carbocycles. The molecule has 3 saturated heterocycles. The fourth-order valence-corrected chi connectivity index (χ4v) is 3.08. The maximum atomic E-state index is 12.4. The zero-order valence-electron chi connectivity index (χ0n) is 11.9. The lowest BCUT2D eigenvalue weighted by atomic mass is 9.84. The molecule has 4 rings (SSSR count). The van der Waals surface area contributed by atoms with E-state index in [0.29, 0.717) is 11.5 Å². The fourth-order valence-electron chi connectivity index (χ4n) is 3.08. The van der Waals surface area contributed by atoms with Gasteiger partial charge in [0, 0.05) is 24.6 Å². The molecule has 1 aromatic carbocycles. The lowest BCUT2D eigenvalue weighted by Gasteiger charge is -2.41. The molecule has 4 heteroatoms. The summed E-state index contributed by atoms with van der Waals surface area (Å²) in [5, 5.41) is 0. The molecule has 0 atom stereocenters. The van der Waals surface area contributed by atoms with Gasteiger partial charge in [0.2, 0.25) is 0 Å². The summed E-state index contributed by atoms with van der Waals surface area (Å²) in [6.07, 6.45) is 3.92. The van der Waals surface area contributed by atoms with E-state index in [0.717, 1.165) is 37.2 Å². The first kappa shape index (κ1) is 13.0. The third kappa shape index (κ3) is 2.05. The molecular weight excluding hydrogens is 254 g/mol. The first-order chi connectivity index (χ1) is 9.74. The van der Waals surface area contributed by atoms with Crippen LogP contribution in [-0.4, -0.2) is 38.0 Å². The number of hydrogen-bond acceptors (Lipinski definition) is 4. The minimum Gasteiger partial charge on any atom is -0.493 e. The Morgan fingerprint density at radius 3 is 2.55 bits per heavy atom. The monoisotopic (exact) mass is 273 g/mol. The predicted octanol–water partition coefficient (Wildman–Crippen LogP) is 2.34. The van der Waals surface area contributed by atoms with Crippen LogP contribution in [0, 0.1) is 5.92 Å². The van der Waals surface area contributed by atoms with Gasteiger partial charge < -0.3 is 14.4 Å². The van der Waals surface area contributed by atoms with Crippen molar-refractivity contribution in [3.63, 3.8) is 0 Å². The normalized spacial score (nSPS) is 20.6. The molecular formula is C16H19NO3. The first-order valence-electron chi connectivity index (χ1n) is 6.96. The summed E-state index contributed by atoms with van der Waals surface area (Å²) in [4.78, 5) is 14.5. The third-order valence-corrected chi connectivity index (χ3v) is 4.18. The van der Waals surface area contributed by atoms with E-state index in [4.69, 9.17) is 9.47 Å². The van der Waals surface area contributed by atoms with Crippen LogP contribution in [-0.2, 0) is 4.79 Å². The van der Waals surface area contributed by atoms with Gasteiger partial charge in [-0.1, -0.05) is 12.1 Å². The number of ketones is 1. The number of hydrogen-bond donors (Lipinski definition) is 0. The van der Waals surface area contributed by atoms with E-state index in [1.165, 1.54) is 0 Å². The van der Waals surface area contributed by atoms with Gasteiger partial charge in [-0.2, -0.15) is 0 Å². The standard InChI is InChI=1S/C16H19NO3/c1-19-14-5-3-4-12(16(14)20-2)10-13-15(18)11-6-8-17(13)9-7-11/h3-5,10-11H,6-9H2,1-2H3/b13-10+. The number of fused-ring (bicyclic) bond motifs is 3. The lowest BCUT2D eigenvalue weighted by molar-refractivity contribution is -0.125. The quantitative estimate of drug-likeness (QED) is 0.792. The number of methoxy groups -OCH3 is 2. The average Bonchev–Trinajstić information content (AvgIpc) is 2.50. The molecule has 106 valence electrons. The maximum Gasteiger partial charge on any atom is 0.182 e. The van der Waals surface area contributed by atoms with Crippen molar-refractivity contribution in [3.8, 4) is 11.5 Å². The van der Waals surface area contributed by atoms with Gasteiger partial charge in [0.25, 0.3) is 0 Å². The molecule has 2 bridgehead atoms. The number of Topliss-reactive ketones (excluding diaryl/α,β-unsaturated/α-hetero) is 1. The van der Waals surface area contributed by atoms with Crippen molar-refractivity contribution in [1.82, 2.24) is 4.90 Å². The van der Waals surface area contributed by atoms with Crippen LogP contribution in [0.3, 0.4) is 0 Å². The number of carbonyl (C=O) groups excluding carboxylic acids is 1. The third-order valence-electron chi connectivity index (χ3n) is 4.18. The van der Waals surface area contributed by atoms with E-state index in [1.807, 2.05) is 24.3 Å². The SMILES string of the molecule is COc1cccc(/C=C2\C(=O)C3CCN2CC3)c1OC. The summed E-state index contributed by atoms with van der Waals surface area (Å²) < 4.78 is 10.7. The Bertz CT molecular complexity index is 557. The van der Waals surface area contributed by atoms with Crippen LogP contribution in [0.2, 0.25) is 0 Å². The number of piperidine rings is 3. The second-order valence-corrected chi connectivity index (χ2v) is 5.24. The van der Waals surface area contributed by atoms with Crippen LogP contribution in [0.4, 0.5) is 0 Å². The van der Waals surface area contributed by atoms with Crippen LogP contribution >= 0.6 is 0 Å². The van der Waals surface area contributed by atoms with Crippen molar-refractivity contribution in [2.75, 3.05) is 27.3 Å². The number of carbonyl (C=O) groups is 1. The number of rotatable bonds is 3. The molecule has 3 heterocycles. The Kier molecular flexibility index (Phi) is 3.38. The predicted molar refractivity (Wildman–Crippen MR) is 76.8 cm³/mol. The largest absolute Gasteiger partial charge is 0.493 e. The summed E-state index contributed by atoms with van der Waals surface area (Å²) in [5.41, 5.74) is 1.71. The van der Waals surface area contributed by atoms with Gasteiger partial charge in [-0.3, -0.25) is 4.79 Å². The van der Waals surface area contributed by atoms with E-state index < -0.39 is 0 Å². The average molecular weight is 273 g/mol. The van der Waals surface area contributed by atoms with Gasteiger partial charge in [-0.15, -0.1) is 0 Å². The van der Waals surface area contributed by atoms with Gasteiger partial charge in [-0.25, -0.2) is 0 Å². The molecule has 0 radical (unpaired) electrons. The molecule has 0 spiro atoms. The molecule has 0 unspecified atom stereocenters. The summed E-state index contributed by atoms with van der Waals surface area (Å²) in [5.74, 6) is 1.85. The molecule has 1 aromatic rings. The molecule has 3 fully saturated rings. The van der Waals surface area contributed by atoms with Crippen LogP contribution in [0.1, 0.15) is 18.4 Å². The number of ether oxygens (including phenoxy) is 2. The van der Waals surface area contributed by atoms with Crippen molar-refractivity contribution < 1.29 is 14.3 Å². The summed E-state index contributed by atoms with van der Waals surface area (Å²) in [6, 6.07) is 5.72. The minimum atomic E-state index is 0.211. The van der Waals surface area contributed by atoms with Gasteiger partial charge in [0.05, 0.1) is 19.9 Å². The zero-order chi connectivity index (χ0) is 14.1. The smallest absolute Gasteiger partial charge is 0.182 e. The Morgan fingerprint density at radius 2 is 1.95 bits per heavy atom. The molecule has 20 heavy (non-hydrogen) atoms. The number of nitrogens with zero attached hydrogens (tertiary/aromatic N) is 1. The maximum absolute atomic E-state index is 12.4. The summed E-state index contributed by atoms with van der Waals surface area (Å²) >= 11 is 0. The first-order valence-corrected chi connectivity index (χ1v) is 6.96. The van der Waals surface area contributed by atoms with Crippen molar-refractivity contribution in [1.29, 1.82) is 0 Å². The zero-order valence-corrected chi connectivity index (χ0v) is 11.9. The van der Waals surface area contributed by atoms with E-state index in [-0.39, 0.29) is 11.7 Å². The molecule has 0 aromatic heterocycles. The Hall–Kier alpha value is -1.97. The fraction of sp³-hybridized carbons (Fsp3) is 0.438. The van der Waals surface area contributed by atoms with E-state index >= 15 is 0 Å². The highest BCUT2D eigenvalue weighted by Gasteiger charge is 2.36. The molecule has 0 aliphatic carbocycles. The highest BCUT2D eigenvalue weighted by Crippen LogP contribution is 2.36. The highest BCUT2D eigenvalue weighted by molar-refractivity contribution is 6.02. The van der Waals surface area contributed by atoms with E-state index in [9.17, 15) is 4.79 Å². The molecule has 0 N–H and O–H groups in total. The van der Waals surface area contributed by atoms with Crippen molar-refractivity contribution in [2.24, 2.45) is 5.92 Å². The Morgan fingerprint density at radius 1 is 1.20 bits per heavy atom. The number of allylic oxidation sites excluding steroid dienone is 1. The summed E-state index contributed by atoms with van der Waals surface area (Å²) in [6.45, 7) is 1.96. The number of benzene rings is 1. The van der Waals surface area contributed by atoms with Crippen molar-refractivity contribution in [2.45, 2.75) is 12.8 Å². The molecule has 0 amide bonds. The van der Waals surface area contributed by atoms with Crippen LogP contribution in [0.25, 0.3) is 6.08 Å². The van der Waals surface area contributed by atoms with Crippen LogP contribution in [0.15, 0.2) is 23.9 Å². The number of para-hydroxylation sites is 1. The van der Waals surface area contributed by atoms with Crippen LogP contribution in [0.5, 0.6) is 11.5 Å². The van der Waals surface area contributed by atoms with E-state index in [1.54, 1.807) is 14.2 Å². The topological polar surface area (TPSA) is 38.8 Å². The molecule has 3 aliphatic heterocycles.